The Morgan fingerprint density at radius 1 is 1.37 bits per heavy atom. The zero-order chi connectivity index (χ0) is 13.7. The van der Waals surface area contributed by atoms with Crippen molar-refractivity contribution in [2.24, 2.45) is 0 Å². The van der Waals surface area contributed by atoms with Gasteiger partial charge in [-0.1, -0.05) is 12.1 Å². The number of carbonyl (C=O) groups excluding carboxylic acids is 1. The lowest BCUT2D eigenvalue weighted by Crippen LogP contribution is -2.49. The Kier molecular flexibility index (Phi) is 5.59. The van der Waals surface area contributed by atoms with Gasteiger partial charge in [0, 0.05) is 23.2 Å². The van der Waals surface area contributed by atoms with Crippen LogP contribution in [0.4, 0.5) is 0 Å². The van der Waals surface area contributed by atoms with Gasteiger partial charge in [-0.2, -0.15) is 0 Å². The second kappa shape index (κ2) is 7.21. The van der Waals surface area contributed by atoms with Crippen molar-refractivity contribution in [3.63, 3.8) is 0 Å². The Morgan fingerprint density at radius 2 is 2.00 bits per heavy atom. The Hall–Kier alpha value is -0.660. The van der Waals surface area contributed by atoms with Gasteiger partial charge in [0.15, 0.2) is 0 Å². The number of nitrogens with one attached hydrogen (secondary N) is 1. The molecule has 0 radical (unpaired) electrons. The average molecular weight is 374 g/mol. The number of nitrogens with zero attached hydrogens (tertiary/aromatic N) is 1. The molecule has 0 aliphatic carbocycles. The van der Waals surface area contributed by atoms with E-state index in [1.165, 1.54) is 9.13 Å². The number of halogens is 1. The van der Waals surface area contributed by atoms with Gasteiger partial charge in [0.2, 0.25) is 5.91 Å². The van der Waals surface area contributed by atoms with Crippen molar-refractivity contribution in [2.45, 2.75) is 19.5 Å². The van der Waals surface area contributed by atoms with E-state index in [2.05, 4.69) is 52.2 Å². The molecule has 1 aliphatic rings. The highest BCUT2D eigenvalue weighted by Gasteiger charge is 2.21. The van der Waals surface area contributed by atoms with Crippen LogP contribution < -0.4 is 5.32 Å². The van der Waals surface area contributed by atoms with Crippen LogP contribution in [0, 0.1) is 3.57 Å². The molecule has 0 aromatic heterocycles. The number of benzene rings is 1. The molecular weight excluding hydrogens is 355 g/mol. The average Bonchev–Trinajstić information content (AvgIpc) is 2.46. The normalized spacial score (nSPS) is 17.3. The minimum absolute atomic E-state index is 0.155. The van der Waals surface area contributed by atoms with Gasteiger partial charge in [-0.05, 0) is 47.2 Å². The summed E-state index contributed by atoms with van der Waals surface area (Å²) in [5.41, 5.74) is 1.20. The molecule has 1 atom stereocenters. The van der Waals surface area contributed by atoms with Crippen LogP contribution in [-0.2, 0) is 16.1 Å². The summed E-state index contributed by atoms with van der Waals surface area (Å²) in [6, 6.07) is 8.16. The molecule has 1 aromatic rings. The molecule has 19 heavy (non-hydrogen) atoms. The first kappa shape index (κ1) is 14.7. The number of hydrogen-bond donors (Lipinski definition) is 1. The molecule has 4 nitrogen and oxygen atoms in total. The van der Waals surface area contributed by atoms with Gasteiger partial charge in [0.25, 0.3) is 0 Å². The Bertz CT molecular complexity index is 416. The smallest absolute Gasteiger partial charge is 0.239 e. The summed E-state index contributed by atoms with van der Waals surface area (Å²) in [5.74, 6) is 0.161. The third kappa shape index (κ3) is 4.43. The first-order chi connectivity index (χ1) is 9.16. The summed E-state index contributed by atoms with van der Waals surface area (Å²) in [6.07, 6.45) is 0. The zero-order valence-corrected chi connectivity index (χ0v) is 13.2. The van der Waals surface area contributed by atoms with Gasteiger partial charge < -0.3 is 15.0 Å². The van der Waals surface area contributed by atoms with Crippen molar-refractivity contribution in [1.82, 2.24) is 10.2 Å². The van der Waals surface area contributed by atoms with E-state index in [1.54, 1.807) is 0 Å². The molecule has 1 heterocycles. The lowest BCUT2D eigenvalue weighted by Gasteiger charge is -2.29. The van der Waals surface area contributed by atoms with Crippen molar-refractivity contribution in [3.05, 3.63) is 33.4 Å². The van der Waals surface area contributed by atoms with E-state index in [0.717, 1.165) is 0 Å². The van der Waals surface area contributed by atoms with E-state index >= 15 is 0 Å². The zero-order valence-electron chi connectivity index (χ0n) is 11.1. The first-order valence-corrected chi connectivity index (χ1v) is 7.59. The second-order valence-corrected chi connectivity index (χ2v) is 5.91. The SMILES string of the molecule is CC(NCc1ccc(I)cc1)C(=O)N1CCOCC1. The summed E-state index contributed by atoms with van der Waals surface area (Å²) < 4.78 is 6.48. The molecule has 0 saturated carbocycles. The largest absolute Gasteiger partial charge is 0.378 e. The van der Waals surface area contributed by atoms with Gasteiger partial charge in [0.1, 0.15) is 0 Å². The number of amides is 1. The van der Waals surface area contributed by atoms with E-state index in [0.29, 0.717) is 32.8 Å². The summed E-state index contributed by atoms with van der Waals surface area (Å²) in [4.78, 5) is 14.1. The summed E-state index contributed by atoms with van der Waals surface area (Å²) in [6.45, 7) is 5.34. The van der Waals surface area contributed by atoms with Crippen molar-refractivity contribution < 1.29 is 9.53 Å². The molecule has 1 N–H and O–H groups in total. The number of ether oxygens (including phenoxy) is 1. The highest BCUT2D eigenvalue weighted by Crippen LogP contribution is 2.07. The molecule has 1 unspecified atom stereocenters. The van der Waals surface area contributed by atoms with E-state index < -0.39 is 0 Å². The minimum Gasteiger partial charge on any atom is -0.378 e. The monoisotopic (exact) mass is 374 g/mol. The topological polar surface area (TPSA) is 41.6 Å². The molecule has 1 amide bonds. The maximum atomic E-state index is 12.2. The standard InChI is InChI=1S/C14H19IN2O2/c1-11(14(18)17-6-8-19-9-7-17)16-10-12-2-4-13(15)5-3-12/h2-5,11,16H,6-10H2,1H3. The van der Waals surface area contributed by atoms with Crippen LogP contribution in [-0.4, -0.2) is 43.2 Å². The van der Waals surface area contributed by atoms with Gasteiger partial charge in [-0.3, -0.25) is 4.79 Å². The second-order valence-electron chi connectivity index (χ2n) is 4.67. The molecule has 2 rings (SSSR count). The van der Waals surface area contributed by atoms with Crippen LogP contribution in [0.2, 0.25) is 0 Å². The van der Waals surface area contributed by atoms with E-state index in [-0.39, 0.29) is 11.9 Å². The van der Waals surface area contributed by atoms with Crippen LogP contribution in [0.3, 0.4) is 0 Å². The van der Waals surface area contributed by atoms with E-state index in [1.807, 2.05) is 11.8 Å². The Balaban J connectivity index is 1.81. The van der Waals surface area contributed by atoms with E-state index in [9.17, 15) is 4.79 Å². The molecule has 1 saturated heterocycles. The summed E-state index contributed by atoms with van der Waals surface area (Å²) in [5, 5.41) is 3.28. The molecule has 1 aliphatic heterocycles. The predicted octanol–water partition coefficient (Wildman–Crippen LogP) is 1.63. The summed E-state index contributed by atoms with van der Waals surface area (Å²) in [7, 11) is 0. The van der Waals surface area contributed by atoms with Crippen LogP contribution in [0.25, 0.3) is 0 Å². The quantitative estimate of drug-likeness (QED) is 0.815. The number of morpholine rings is 1. The lowest BCUT2D eigenvalue weighted by atomic mass is 10.2. The molecular formula is C14H19IN2O2. The molecule has 0 spiro atoms. The van der Waals surface area contributed by atoms with Crippen molar-refractivity contribution in [1.29, 1.82) is 0 Å². The van der Waals surface area contributed by atoms with Crippen LogP contribution in [0.15, 0.2) is 24.3 Å². The van der Waals surface area contributed by atoms with Crippen molar-refractivity contribution in [3.8, 4) is 0 Å². The number of hydrogen-bond acceptors (Lipinski definition) is 3. The van der Waals surface area contributed by atoms with Gasteiger partial charge in [0.05, 0.1) is 19.3 Å². The first-order valence-electron chi connectivity index (χ1n) is 6.51. The maximum Gasteiger partial charge on any atom is 0.239 e. The van der Waals surface area contributed by atoms with E-state index in [4.69, 9.17) is 4.74 Å². The highest BCUT2D eigenvalue weighted by molar-refractivity contribution is 14.1. The fourth-order valence-electron chi connectivity index (χ4n) is 2.02. The number of rotatable bonds is 4. The molecule has 1 fully saturated rings. The van der Waals surface area contributed by atoms with Crippen molar-refractivity contribution in [2.75, 3.05) is 26.3 Å². The third-order valence-electron chi connectivity index (χ3n) is 3.22. The third-order valence-corrected chi connectivity index (χ3v) is 3.94. The Labute approximate surface area is 127 Å². The maximum absolute atomic E-state index is 12.2. The van der Waals surface area contributed by atoms with Gasteiger partial charge in [-0.25, -0.2) is 0 Å². The predicted molar refractivity (Wildman–Crippen MR) is 82.9 cm³/mol. The molecule has 5 heteroatoms. The Morgan fingerprint density at radius 3 is 2.63 bits per heavy atom. The summed E-state index contributed by atoms with van der Waals surface area (Å²) >= 11 is 2.29. The molecule has 0 bridgehead atoms. The fourth-order valence-corrected chi connectivity index (χ4v) is 2.38. The van der Waals surface area contributed by atoms with Crippen molar-refractivity contribution >= 4 is 28.5 Å². The molecule has 104 valence electrons. The number of carbonyl (C=O) groups is 1. The minimum atomic E-state index is -0.155. The lowest BCUT2D eigenvalue weighted by molar-refractivity contribution is -0.137. The van der Waals surface area contributed by atoms with Crippen LogP contribution in [0.1, 0.15) is 12.5 Å². The van der Waals surface area contributed by atoms with Crippen LogP contribution >= 0.6 is 22.6 Å². The fraction of sp³-hybridized carbons (Fsp3) is 0.500. The van der Waals surface area contributed by atoms with Crippen LogP contribution in [0.5, 0.6) is 0 Å². The molecule has 1 aromatic carbocycles. The highest BCUT2D eigenvalue weighted by atomic mass is 127. The van der Waals surface area contributed by atoms with Gasteiger partial charge >= 0.3 is 0 Å². The van der Waals surface area contributed by atoms with Gasteiger partial charge in [-0.15, -0.1) is 0 Å².